The molecule has 0 bridgehead atoms. The fraction of sp³-hybridized carbons (Fsp3) is 0.417. The predicted octanol–water partition coefficient (Wildman–Crippen LogP) is 2.27. The van der Waals surface area contributed by atoms with Crippen LogP contribution < -0.4 is 5.69 Å². The summed E-state index contributed by atoms with van der Waals surface area (Å²) in [5.41, 5.74) is 1.72. The molecular formula is C12H13BrN2O2. The van der Waals surface area contributed by atoms with Gasteiger partial charge in [-0.3, -0.25) is 4.57 Å². The summed E-state index contributed by atoms with van der Waals surface area (Å²) in [6, 6.07) is 5.77. The third-order valence-corrected chi connectivity index (χ3v) is 3.79. The summed E-state index contributed by atoms with van der Waals surface area (Å²) in [6.45, 7) is 1.43. The lowest BCUT2D eigenvalue weighted by Gasteiger charge is -2.10. The number of hydrogen-bond donors (Lipinski definition) is 1. The van der Waals surface area contributed by atoms with Gasteiger partial charge in [-0.15, -0.1) is 0 Å². The van der Waals surface area contributed by atoms with E-state index in [0.717, 1.165) is 35.0 Å². The molecule has 0 amide bonds. The third-order valence-electron chi connectivity index (χ3n) is 3.15. The number of aromatic nitrogens is 2. The zero-order chi connectivity index (χ0) is 11.8. The number of aromatic amines is 1. The first-order valence-corrected chi connectivity index (χ1v) is 6.53. The van der Waals surface area contributed by atoms with Gasteiger partial charge in [0.05, 0.1) is 23.7 Å². The zero-order valence-electron chi connectivity index (χ0n) is 9.28. The Bertz CT molecular complexity index is 596. The molecule has 1 unspecified atom stereocenters. The number of nitrogens with zero attached hydrogens (tertiary/aromatic N) is 1. The van der Waals surface area contributed by atoms with Crippen LogP contribution in [0.4, 0.5) is 0 Å². The van der Waals surface area contributed by atoms with Crippen LogP contribution in [0.25, 0.3) is 11.0 Å². The highest BCUT2D eigenvalue weighted by Gasteiger charge is 2.19. The fourth-order valence-corrected chi connectivity index (χ4v) is 2.92. The predicted molar refractivity (Wildman–Crippen MR) is 69.2 cm³/mol. The number of ether oxygens (including phenoxy) is 1. The largest absolute Gasteiger partial charge is 0.376 e. The monoisotopic (exact) mass is 296 g/mol. The molecule has 1 aromatic carbocycles. The molecule has 0 spiro atoms. The third kappa shape index (κ3) is 1.93. The van der Waals surface area contributed by atoms with Gasteiger partial charge in [0.15, 0.2) is 0 Å². The van der Waals surface area contributed by atoms with E-state index in [1.54, 1.807) is 4.57 Å². The average molecular weight is 297 g/mol. The van der Waals surface area contributed by atoms with Crippen molar-refractivity contribution in [3.8, 4) is 0 Å². The SMILES string of the molecule is O=c1[nH]c2cccc(Br)c2n1CC1CCCO1. The van der Waals surface area contributed by atoms with E-state index in [1.165, 1.54) is 0 Å². The molecule has 1 fully saturated rings. The Kier molecular flexibility index (Phi) is 2.80. The Labute approximate surface area is 107 Å². The molecule has 4 nitrogen and oxygen atoms in total. The van der Waals surface area contributed by atoms with Crippen LogP contribution in [0, 0.1) is 0 Å². The quantitative estimate of drug-likeness (QED) is 0.924. The Morgan fingerprint density at radius 1 is 1.53 bits per heavy atom. The molecule has 5 heteroatoms. The molecule has 1 N–H and O–H groups in total. The van der Waals surface area contributed by atoms with E-state index in [2.05, 4.69) is 20.9 Å². The van der Waals surface area contributed by atoms with Gasteiger partial charge in [0.2, 0.25) is 0 Å². The number of H-pyrrole nitrogens is 1. The second kappa shape index (κ2) is 4.31. The van der Waals surface area contributed by atoms with E-state index < -0.39 is 0 Å². The molecule has 1 aromatic heterocycles. The van der Waals surface area contributed by atoms with E-state index in [9.17, 15) is 4.79 Å². The molecule has 0 saturated carbocycles. The first kappa shape index (κ1) is 11.0. The number of halogens is 1. The van der Waals surface area contributed by atoms with Gasteiger partial charge in [0.25, 0.3) is 0 Å². The summed E-state index contributed by atoms with van der Waals surface area (Å²) in [5.74, 6) is 0. The van der Waals surface area contributed by atoms with Crippen LogP contribution in [0.5, 0.6) is 0 Å². The highest BCUT2D eigenvalue weighted by molar-refractivity contribution is 9.10. The van der Waals surface area contributed by atoms with Crippen molar-refractivity contribution in [3.63, 3.8) is 0 Å². The molecule has 2 aromatic rings. The summed E-state index contributed by atoms with van der Waals surface area (Å²) in [4.78, 5) is 14.8. The van der Waals surface area contributed by atoms with Crippen LogP contribution in [-0.2, 0) is 11.3 Å². The molecule has 1 aliphatic rings. The number of benzene rings is 1. The van der Waals surface area contributed by atoms with E-state index >= 15 is 0 Å². The molecule has 0 radical (unpaired) electrons. The van der Waals surface area contributed by atoms with Crippen molar-refractivity contribution in [1.29, 1.82) is 0 Å². The summed E-state index contributed by atoms with van der Waals surface area (Å²) in [7, 11) is 0. The van der Waals surface area contributed by atoms with Crippen molar-refractivity contribution in [2.24, 2.45) is 0 Å². The van der Waals surface area contributed by atoms with Crippen LogP contribution in [0.15, 0.2) is 27.5 Å². The highest BCUT2D eigenvalue weighted by atomic mass is 79.9. The van der Waals surface area contributed by atoms with Crippen LogP contribution in [0.2, 0.25) is 0 Å². The van der Waals surface area contributed by atoms with Crippen molar-refractivity contribution in [2.45, 2.75) is 25.5 Å². The molecule has 0 aliphatic carbocycles. The van der Waals surface area contributed by atoms with Crippen LogP contribution >= 0.6 is 15.9 Å². The van der Waals surface area contributed by atoms with Gasteiger partial charge in [0, 0.05) is 11.1 Å². The van der Waals surface area contributed by atoms with E-state index in [4.69, 9.17) is 4.74 Å². The molecular weight excluding hydrogens is 284 g/mol. The number of para-hydroxylation sites is 1. The molecule has 90 valence electrons. The number of nitrogens with one attached hydrogen (secondary N) is 1. The molecule has 3 rings (SSSR count). The maximum Gasteiger partial charge on any atom is 0.326 e. The Morgan fingerprint density at radius 2 is 2.41 bits per heavy atom. The maximum absolute atomic E-state index is 11.9. The topological polar surface area (TPSA) is 47.0 Å². The Hall–Kier alpha value is -1.07. The van der Waals surface area contributed by atoms with Crippen LogP contribution in [-0.4, -0.2) is 22.3 Å². The van der Waals surface area contributed by atoms with Gasteiger partial charge >= 0.3 is 5.69 Å². The smallest absolute Gasteiger partial charge is 0.326 e. The highest BCUT2D eigenvalue weighted by Crippen LogP contribution is 2.23. The lowest BCUT2D eigenvalue weighted by Crippen LogP contribution is -2.24. The van der Waals surface area contributed by atoms with Gasteiger partial charge < -0.3 is 9.72 Å². The zero-order valence-corrected chi connectivity index (χ0v) is 10.9. The second-order valence-electron chi connectivity index (χ2n) is 4.31. The first-order valence-electron chi connectivity index (χ1n) is 5.74. The molecule has 2 heterocycles. The van der Waals surface area contributed by atoms with Gasteiger partial charge in [0.1, 0.15) is 0 Å². The fourth-order valence-electron chi connectivity index (χ4n) is 2.34. The Morgan fingerprint density at radius 3 is 3.18 bits per heavy atom. The first-order chi connectivity index (χ1) is 8.25. The number of hydrogen-bond acceptors (Lipinski definition) is 2. The van der Waals surface area contributed by atoms with Gasteiger partial charge in [-0.2, -0.15) is 0 Å². The minimum Gasteiger partial charge on any atom is -0.376 e. The van der Waals surface area contributed by atoms with Crippen molar-refractivity contribution in [1.82, 2.24) is 9.55 Å². The lowest BCUT2D eigenvalue weighted by atomic mass is 10.2. The second-order valence-corrected chi connectivity index (χ2v) is 5.17. The van der Waals surface area contributed by atoms with Crippen molar-refractivity contribution in [2.75, 3.05) is 6.61 Å². The van der Waals surface area contributed by atoms with Crippen LogP contribution in [0.3, 0.4) is 0 Å². The molecule has 1 atom stereocenters. The maximum atomic E-state index is 11.9. The normalized spacial score (nSPS) is 20.2. The summed E-state index contributed by atoms with van der Waals surface area (Å²) >= 11 is 3.49. The summed E-state index contributed by atoms with van der Waals surface area (Å²) < 4.78 is 8.28. The van der Waals surface area contributed by atoms with E-state index in [-0.39, 0.29) is 11.8 Å². The minimum atomic E-state index is -0.0672. The van der Waals surface area contributed by atoms with Crippen molar-refractivity contribution < 1.29 is 4.74 Å². The molecule has 1 saturated heterocycles. The number of imidazole rings is 1. The van der Waals surface area contributed by atoms with Crippen molar-refractivity contribution in [3.05, 3.63) is 33.2 Å². The summed E-state index contributed by atoms with van der Waals surface area (Å²) in [5, 5.41) is 0. The standard InChI is InChI=1S/C12H13BrN2O2/c13-9-4-1-5-10-11(9)15(12(16)14-10)7-8-3-2-6-17-8/h1,4-5,8H,2-3,6-7H2,(H,14,16). The van der Waals surface area contributed by atoms with Crippen molar-refractivity contribution >= 4 is 27.0 Å². The van der Waals surface area contributed by atoms with Gasteiger partial charge in [-0.1, -0.05) is 6.07 Å². The summed E-state index contributed by atoms with van der Waals surface area (Å²) in [6.07, 6.45) is 2.28. The molecule has 17 heavy (non-hydrogen) atoms. The molecule has 1 aliphatic heterocycles. The average Bonchev–Trinajstić information content (AvgIpc) is 2.89. The number of rotatable bonds is 2. The Balaban J connectivity index is 2.08. The lowest BCUT2D eigenvalue weighted by molar-refractivity contribution is 0.0972. The van der Waals surface area contributed by atoms with E-state index in [1.807, 2.05) is 18.2 Å². The minimum absolute atomic E-state index is 0.0672. The van der Waals surface area contributed by atoms with Gasteiger partial charge in [-0.05, 0) is 40.9 Å². The van der Waals surface area contributed by atoms with Crippen LogP contribution in [0.1, 0.15) is 12.8 Å². The van der Waals surface area contributed by atoms with E-state index in [0.29, 0.717) is 6.54 Å². The van der Waals surface area contributed by atoms with Gasteiger partial charge in [-0.25, -0.2) is 4.79 Å². The number of fused-ring (bicyclic) bond motifs is 1.